The van der Waals surface area contributed by atoms with Gasteiger partial charge in [-0.3, -0.25) is 4.79 Å². The van der Waals surface area contributed by atoms with Gasteiger partial charge in [0.1, 0.15) is 6.10 Å². The van der Waals surface area contributed by atoms with E-state index in [4.69, 9.17) is 4.74 Å². The third kappa shape index (κ3) is 5.02. The van der Waals surface area contributed by atoms with Crippen LogP contribution in [0.2, 0.25) is 0 Å². The lowest BCUT2D eigenvalue weighted by molar-refractivity contribution is -0.686. The summed E-state index contributed by atoms with van der Waals surface area (Å²) < 4.78 is 8.24. The first-order chi connectivity index (χ1) is 21.0. The van der Waals surface area contributed by atoms with Gasteiger partial charge < -0.3 is 31.7 Å². The molecule has 1 aromatic rings. The third-order valence-electron chi connectivity index (χ3n) is 15.4. The van der Waals surface area contributed by atoms with Crippen LogP contribution in [0.15, 0.2) is 36.7 Å². The Hall–Kier alpha value is -1.89. The van der Waals surface area contributed by atoms with Gasteiger partial charge in [0.2, 0.25) is 6.54 Å². The fourth-order valence-corrected chi connectivity index (χ4v) is 12.9. The Morgan fingerprint density at radius 2 is 1.59 bits per heavy atom. The first kappa shape index (κ1) is 35.4. The van der Waals surface area contributed by atoms with E-state index < -0.39 is 11.4 Å². The minimum atomic E-state index is -0.575. The molecule has 0 aromatic carbocycles. The highest BCUT2D eigenvalue weighted by molar-refractivity contribution is 5.76. The number of carbonyl (C=O) groups is 2. The summed E-state index contributed by atoms with van der Waals surface area (Å²) in [7, 11) is 4.03. The van der Waals surface area contributed by atoms with Gasteiger partial charge in [-0.25, -0.2) is 4.79 Å². The van der Waals surface area contributed by atoms with Crippen molar-refractivity contribution in [3.05, 3.63) is 36.7 Å². The number of allylic oxidation sites excluding steroid dienone is 1. The van der Waals surface area contributed by atoms with Crippen molar-refractivity contribution in [1.29, 1.82) is 0 Å². The maximum absolute atomic E-state index is 13.2. The van der Waals surface area contributed by atoms with Gasteiger partial charge in [-0.2, -0.15) is 4.57 Å². The van der Waals surface area contributed by atoms with Crippen molar-refractivity contribution < 1.29 is 41.0 Å². The van der Waals surface area contributed by atoms with Crippen LogP contribution in [0.4, 0.5) is 5.69 Å². The van der Waals surface area contributed by atoms with Crippen LogP contribution in [0.3, 0.4) is 0 Å². The number of hydrogen-bond acceptors (Lipinski definition) is 4. The van der Waals surface area contributed by atoms with Crippen LogP contribution >= 0.6 is 0 Å². The number of pyridine rings is 1. The molecular weight excluding hydrogens is 640 g/mol. The highest BCUT2D eigenvalue weighted by Crippen LogP contribution is 2.77. The quantitative estimate of drug-likeness (QED) is 0.265. The summed E-state index contributed by atoms with van der Waals surface area (Å²) in [6.45, 7) is 19.2. The van der Waals surface area contributed by atoms with Crippen LogP contribution in [0.25, 0.3) is 0 Å². The molecular formula is C39H59BrN2O4. The molecule has 5 fully saturated rings. The van der Waals surface area contributed by atoms with E-state index >= 15 is 0 Å². The first-order valence-electron chi connectivity index (χ1n) is 17.8. The number of fused-ring (bicyclic) bond motifs is 7. The van der Waals surface area contributed by atoms with Crippen LogP contribution < -0.4 is 26.4 Å². The lowest BCUT2D eigenvalue weighted by Gasteiger charge is -2.72. The molecule has 5 aliphatic rings. The fourth-order valence-electron chi connectivity index (χ4n) is 12.9. The molecule has 0 aliphatic heterocycles. The van der Waals surface area contributed by atoms with E-state index in [-0.39, 0.29) is 63.2 Å². The average Bonchev–Trinajstić information content (AvgIpc) is 3.37. The summed E-state index contributed by atoms with van der Waals surface area (Å²) in [5.74, 6) is 1.33. The molecule has 256 valence electrons. The lowest BCUT2D eigenvalue weighted by Crippen LogP contribution is -3.00. The largest absolute Gasteiger partial charge is 1.00 e. The van der Waals surface area contributed by atoms with E-state index in [0.29, 0.717) is 23.7 Å². The summed E-state index contributed by atoms with van der Waals surface area (Å²) in [4.78, 5) is 28.3. The zero-order chi connectivity index (χ0) is 32.7. The van der Waals surface area contributed by atoms with Crippen molar-refractivity contribution >= 4 is 17.6 Å². The predicted molar refractivity (Wildman–Crippen MR) is 177 cm³/mol. The monoisotopic (exact) mass is 698 g/mol. The Balaban J connectivity index is 0.00000417. The average molecular weight is 700 g/mol. The zero-order valence-electron chi connectivity index (χ0n) is 29.7. The molecule has 0 unspecified atom stereocenters. The van der Waals surface area contributed by atoms with Crippen LogP contribution in [-0.2, 0) is 20.9 Å². The molecule has 10 atom stereocenters. The van der Waals surface area contributed by atoms with Crippen LogP contribution in [0.1, 0.15) is 106 Å². The van der Waals surface area contributed by atoms with Crippen molar-refractivity contribution in [3.8, 4) is 0 Å². The lowest BCUT2D eigenvalue weighted by atomic mass is 9.32. The van der Waals surface area contributed by atoms with Crippen molar-refractivity contribution in [2.45, 2.75) is 118 Å². The first-order valence-corrected chi connectivity index (χ1v) is 17.8. The number of aliphatic carboxylic acids is 1. The van der Waals surface area contributed by atoms with Crippen molar-refractivity contribution in [2.24, 2.45) is 56.7 Å². The second kappa shape index (κ2) is 11.9. The molecule has 7 heteroatoms. The number of ether oxygens (including phenoxy) is 1. The minimum absolute atomic E-state index is 0. The summed E-state index contributed by atoms with van der Waals surface area (Å²) in [6, 6.07) is 4.05. The molecule has 1 heterocycles. The topological polar surface area (TPSA) is 70.7 Å². The Bertz CT molecular complexity index is 1360. The summed E-state index contributed by atoms with van der Waals surface area (Å²) >= 11 is 0. The SMILES string of the molecule is C=C(C)[C@@H]1CC[C@]2(C(=O)O)CC[C@]3(C)[C@H](CC[C@@H]4[C@@]5(C)CC[C@H](OC(=O)C[n+]6ccc(N(C)C)cc6)C(C)(C)[C@@H]5CC[C@]43C)[C@@H]12.[Br-]. The van der Waals surface area contributed by atoms with Gasteiger partial charge >= 0.3 is 11.9 Å². The second-order valence-electron chi connectivity index (χ2n) is 17.6. The molecule has 1 N–H and O–H groups in total. The van der Waals surface area contributed by atoms with Crippen molar-refractivity contribution in [3.63, 3.8) is 0 Å². The van der Waals surface area contributed by atoms with Crippen LogP contribution in [-0.4, -0.2) is 37.2 Å². The molecule has 5 saturated carbocycles. The Labute approximate surface area is 288 Å². The van der Waals surface area contributed by atoms with Gasteiger partial charge in [-0.05, 0) is 117 Å². The number of esters is 1. The zero-order valence-corrected chi connectivity index (χ0v) is 31.3. The van der Waals surface area contributed by atoms with Gasteiger partial charge in [-0.15, -0.1) is 0 Å². The number of carbonyl (C=O) groups excluding carboxylic acids is 1. The van der Waals surface area contributed by atoms with Gasteiger partial charge in [0.15, 0.2) is 12.4 Å². The predicted octanol–water partition coefficient (Wildman–Crippen LogP) is 4.70. The molecule has 46 heavy (non-hydrogen) atoms. The molecule has 0 amide bonds. The molecule has 0 spiro atoms. The smallest absolute Gasteiger partial charge is 0.372 e. The van der Waals surface area contributed by atoms with Crippen molar-refractivity contribution in [1.82, 2.24) is 0 Å². The Morgan fingerprint density at radius 3 is 2.20 bits per heavy atom. The number of carboxylic acids is 1. The molecule has 0 saturated heterocycles. The van der Waals surface area contributed by atoms with Gasteiger partial charge in [0, 0.05) is 37.3 Å². The number of halogens is 1. The number of aromatic nitrogens is 1. The highest BCUT2D eigenvalue weighted by Gasteiger charge is 2.72. The van der Waals surface area contributed by atoms with E-state index in [1.807, 2.05) is 43.2 Å². The maximum atomic E-state index is 13.2. The Morgan fingerprint density at radius 1 is 0.913 bits per heavy atom. The van der Waals surface area contributed by atoms with E-state index in [1.54, 1.807) is 0 Å². The summed E-state index contributed by atoms with van der Waals surface area (Å²) in [5, 5.41) is 10.7. The number of carboxylic acid groups (broad SMARTS) is 1. The van der Waals surface area contributed by atoms with Gasteiger partial charge in [-0.1, -0.05) is 46.8 Å². The van der Waals surface area contributed by atoms with Crippen LogP contribution in [0, 0.1) is 56.7 Å². The van der Waals surface area contributed by atoms with Gasteiger partial charge in [0.05, 0.1) is 5.41 Å². The van der Waals surface area contributed by atoms with E-state index in [9.17, 15) is 14.7 Å². The second-order valence-corrected chi connectivity index (χ2v) is 17.6. The van der Waals surface area contributed by atoms with E-state index in [2.05, 4.69) is 53.0 Å². The minimum Gasteiger partial charge on any atom is -1.00 e. The summed E-state index contributed by atoms with van der Waals surface area (Å²) in [5.41, 5.74) is 2.08. The van der Waals surface area contributed by atoms with E-state index in [0.717, 1.165) is 57.1 Å². The summed E-state index contributed by atoms with van der Waals surface area (Å²) in [6.07, 6.45) is 14.1. The molecule has 0 bridgehead atoms. The molecule has 6 nitrogen and oxygen atoms in total. The highest BCUT2D eigenvalue weighted by atomic mass is 79.9. The standard InChI is InChI=1S/C39H58N2O4.BrH/c1-25(2)27-12-19-39(34(43)44)21-20-37(6)28(33(27)39)10-11-30-36(5)17-14-31(35(3,4)29(36)13-18-38(30,37)7)45-32(42)24-41-22-15-26(16-23-41)40(8)9;/h15-16,22-23,27-31,33H,1,10-14,17-21,24H2,2-9H3;1H/t27-,28+,29-,30+,31-,33+,36-,37+,38+,39-;/m0./s1. The molecule has 5 aliphatic carbocycles. The third-order valence-corrected chi connectivity index (χ3v) is 15.4. The van der Waals surface area contributed by atoms with Crippen molar-refractivity contribution in [2.75, 3.05) is 19.0 Å². The Kier molecular flexibility index (Phi) is 9.17. The number of anilines is 1. The van der Waals surface area contributed by atoms with Crippen LogP contribution in [0.5, 0.6) is 0 Å². The number of rotatable bonds is 6. The fraction of sp³-hybridized carbons (Fsp3) is 0.769. The van der Waals surface area contributed by atoms with Gasteiger partial charge in [0.25, 0.3) is 0 Å². The number of nitrogens with zero attached hydrogens (tertiary/aromatic N) is 2. The normalized spacial score (nSPS) is 42.3. The van der Waals surface area contributed by atoms with E-state index in [1.165, 1.54) is 18.4 Å². The molecule has 6 rings (SSSR count). The maximum Gasteiger partial charge on any atom is 0.372 e. The number of hydrogen-bond donors (Lipinski definition) is 1. The molecule has 0 radical (unpaired) electrons. The molecule has 1 aromatic heterocycles.